The maximum Gasteiger partial charge on any atom is 0.218 e. The second-order valence-electron chi connectivity index (χ2n) is 7.39. The summed E-state index contributed by atoms with van der Waals surface area (Å²) in [5, 5.41) is 0. The largest absolute Gasteiger partial charge is 0.445 e. The second kappa shape index (κ2) is 8.11. The van der Waals surface area contributed by atoms with Gasteiger partial charge < -0.3 is 8.84 Å². The first-order chi connectivity index (χ1) is 10.2. The normalized spacial score (nSPS) is 13.5. The Morgan fingerprint density at radius 2 is 1.59 bits per heavy atom. The molecule has 0 aromatic carbocycles. The molecule has 0 unspecified atom stereocenters. The number of hydrogen-bond acceptors (Lipinski definition) is 3. The Morgan fingerprint density at radius 1 is 1.05 bits per heavy atom. The minimum atomic E-state index is -1.84. The van der Waals surface area contributed by atoms with Crippen LogP contribution in [0.5, 0.6) is 0 Å². The van der Waals surface area contributed by atoms with Gasteiger partial charge in [-0.15, -0.1) is 0 Å². The van der Waals surface area contributed by atoms with Gasteiger partial charge in [-0.25, -0.2) is 4.98 Å². The number of oxazole rings is 1. The van der Waals surface area contributed by atoms with Crippen LogP contribution in [0.4, 0.5) is 0 Å². The lowest BCUT2D eigenvalue weighted by molar-refractivity contribution is 0.261. The molecule has 0 saturated carbocycles. The number of nitrogens with zero attached hydrogens (tertiary/aromatic N) is 1. The molecule has 1 aromatic rings. The van der Waals surface area contributed by atoms with Gasteiger partial charge in [-0.05, 0) is 28.6 Å². The van der Waals surface area contributed by atoms with E-state index in [0.29, 0.717) is 35.0 Å². The van der Waals surface area contributed by atoms with Crippen LogP contribution in [0.15, 0.2) is 16.8 Å². The molecule has 0 aliphatic rings. The van der Waals surface area contributed by atoms with Crippen molar-refractivity contribution in [3.63, 3.8) is 0 Å². The first kappa shape index (κ1) is 19.2. The predicted molar refractivity (Wildman–Crippen MR) is 96.2 cm³/mol. The maximum atomic E-state index is 6.53. The van der Waals surface area contributed by atoms with Crippen LogP contribution in [0, 0.1) is 5.92 Å². The molecule has 0 bridgehead atoms. The van der Waals surface area contributed by atoms with Crippen molar-refractivity contribution in [1.29, 1.82) is 0 Å². The fourth-order valence-corrected chi connectivity index (χ4v) is 8.84. The number of rotatable bonds is 8. The van der Waals surface area contributed by atoms with E-state index in [-0.39, 0.29) is 0 Å². The standard InChI is InChI=1S/C18H33NO2Si/c1-13(2)9-10-18-19-17(11-20-18)12-21-22(14(3)4,15(5)6)16(7)8/h9-11,13-16H,12H2,1-8H3/b10-9+. The highest BCUT2D eigenvalue weighted by molar-refractivity contribution is 6.77. The first-order valence-electron chi connectivity index (χ1n) is 8.46. The molecule has 1 heterocycles. The number of aromatic nitrogens is 1. The van der Waals surface area contributed by atoms with Gasteiger partial charge in [-0.2, -0.15) is 0 Å². The van der Waals surface area contributed by atoms with E-state index in [1.54, 1.807) is 6.26 Å². The van der Waals surface area contributed by atoms with Crippen LogP contribution in [0.25, 0.3) is 6.08 Å². The van der Waals surface area contributed by atoms with E-state index in [1.165, 1.54) is 0 Å². The SMILES string of the molecule is CC(C)/C=C/c1nc(CO[Si](C(C)C)(C(C)C)C(C)C)co1. The van der Waals surface area contributed by atoms with Crippen LogP contribution in [0.1, 0.15) is 67.0 Å². The molecule has 0 amide bonds. The van der Waals surface area contributed by atoms with Gasteiger partial charge in [0.05, 0.1) is 6.61 Å². The van der Waals surface area contributed by atoms with E-state index < -0.39 is 8.32 Å². The molecular formula is C18H33NO2Si. The van der Waals surface area contributed by atoms with E-state index in [1.807, 2.05) is 6.08 Å². The van der Waals surface area contributed by atoms with E-state index in [4.69, 9.17) is 8.84 Å². The summed E-state index contributed by atoms with van der Waals surface area (Å²) >= 11 is 0. The molecule has 0 N–H and O–H groups in total. The van der Waals surface area contributed by atoms with Crippen molar-refractivity contribution in [1.82, 2.24) is 4.98 Å². The fourth-order valence-electron chi connectivity index (χ4n) is 3.44. The lowest BCUT2D eigenvalue weighted by Crippen LogP contribution is -2.47. The van der Waals surface area contributed by atoms with Gasteiger partial charge in [-0.1, -0.05) is 61.5 Å². The smallest absolute Gasteiger partial charge is 0.218 e. The topological polar surface area (TPSA) is 35.3 Å². The lowest BCUT2D eigenvalue weighted by Gasteiger charge is -2.41. The molecule has 0 atom stereocenters. The summed E-state index contributed by atoms with van der Waals surface area (Å²) in [6, 6.07) is 0. The van der Waals surface area contributed by atoms with Gasteiger partial charge >= 0.3 is 0 Å². The monoisotopic (exact) mass is 323 g/mol. The lowest BCUT2D eigenvalue weighted by atomic mass is 10.2. The van der Waals surface area contributed by atoms with E-state index in [0.717, 1.165) is 5.69 Å². The zero-order valence-corrected chi connectivity index (χ0v) is 16.5. The zero-order valence-electron chi connectivity index (χ0n) is 15.5. The average molecular weight is 324 g/mol. The Morgan fingerprint density at radius 3 is 2.05 bits per heavy atom. The molecule has 0 aliphatic heterocycles. The van der Waals surface area contributed by atoms with Crippen molar-refractivity contribution < 1.29 is 8.84 Å². The summed E-state index contributed by atoms with van der Waals surface area (Å²) < 4.78 is 12.0. The van der Waals surface area contributed by atoms with Crippen molar-refractivity contribution in [3.8, 4) is 0 Å². The highest BCUT2D eigenvalue weighted by Crippen LogP contribution is 2.42. The second-order valence-corrected chi connectivity index (χ2v) is 12.8. The minimum absolute atomic E-state index is 0.495. The van der Waals surface area contributed by atoms with Crippen molar-refractivity contribution in [2.24, 2.45) is 5.92 Å². The fraction of sp³-hybridized carbons (Fsp3) is 0.722. The average Bonchev–Trinajstić information content (AvgIpc) is 2.83. The quantitative estimate of drug-likeness (QED) is 0.547. The Balaban J connectivity index is 2.82. The summed E-state index contributed by atoms with van der Waals surface area (Å²) in [5.74, 6) is 1.16. The summed E-state index contributed by atoms with van der Waals surface area (Å²) in [5.41, 5.74) is 2.64. The third-order valence-electron chi connectivity index (χ3n) is 4.37. The Bertz CT molecular complexity index is 453. The van der Waals surface area contributed by atoms with Gasteiger partial charge in [0.15, 0.2) is 0 Å². The van der Waals surface area contributed by atoms with Crippen LogP contribution in [-0.4, -0.2) is 13.3 Å². The summed E-state index contributed by atoms with van der Waals surface area (Å²) in [4.78, 5) is 4.51. The van der Waals surface area contributed by atoms with Gasteiger partial charge in [0.1, 0.15) is 12.0 Å². The molecule has 1 aromatic heterocycles. The third-order valence-corrected chi connectivity index (χ3v) is 10.4. The minimum Gasteiger partial charge on any atom is -0.445 e. The molecule has 0 radical (unpaired) electrons. The highest BCUT2D eigenvalue weighted by Gasteiger charge is 2.45. The molecular weight excluding hydrogens is 290 g/mol. The van der Waals surface area contributed by atoms with Crippen molar-refractivity contribution in [2.75, 3.05) is 0 Å². The molecule has 1 rings (SSSR count). The van der Waals surface area contributed by atoms with Crippen molar-refractivity contribution in [2.45, 2.75) is 78.6 Å². The molecule has 126 valence electrons. The van der Waals surface area contributed by atoms with Crippen LogP contribution >= 0.6 is 0 Å². The van der Waals surface area contributed by atoms with Crippen LogP contribution in [0.3, 0.4) is 0 Å². The molecule has 0 fully saturated rings. The Hall–Kier alpha value is -0.873. The van der Waals surface area contributed by atoms with Crippen LogP contribution < -0.4 is 0 Å². The van der Waals surface area contributed by atoms with Crippen LogP contribution in [0.2, 0.25) is 16.6 Å². The summed E-state index contributed by atoms with van der Waals surface area (Å²) in [6.07, 6.45) is 5.75. The van der Waals surface area contributed by atoms with Crippen molar-refractivity contribution in [3.05, 3.63) is 23.9 Å². The van der Waals surface area contributed by atoms with E-state index in [2.05, 4.69) is 66.4 Å². The predicted octanol–water partition coefficient (Wildman–Crippen LogP) is 6.04. The van der Waals surface area contributed by atoms with Gasteiger partial charge in [0.25, 0.3) is 0 Å². The molecule has 3 nitrogen and oxygen atoms in total. The zero-order chi connectivity index (χ0) is 16.9. The van der Waals surface area contributed by atoms with Gasteiger partial charge in [0.2, 0.25) is 14.2 Å². The third kappa shape index (κ3) is 4.56. The maximum absolute atomic E-state index is 6.53. The van der Waals surface area contributed by atoms with Crippen molar-refractivity contribution >= 4 is 14.4 Å². The summed E-state index contributed by atoms with van der Waals surface area (Å²) in [6.45, 7) is 18.6. The highest BCUT2D eigenvalue weighted by atomic mass is 28.4. The molecule has 4 heteroatoms. The molecule has 0 saturated heterocycles. The van der Waals surface area contributed by atoms with Gasteiger partial charge in [0, 0.05) is 0 Å². The molecule has 22 heavy (non-hydrogen) atoms. The molecule has 0 spiro atoms. The number of allylic oxidation sites excluding steroid dienone is 1. The Labute approximate surface area is 137 Å². The first-order valence-corrected chi connectivity index (χ1v) is 10.6. The van der Waals surface area contributed by atoms with Gasteiger partial charge in [-0.3, -0.25) is 0 Å². The molecule has 0 aliphatic carbocycles. The summed E-state index contributed by atoms with van der Waals surface area (Å²) in [7, 11) is -1.84. The Kier molecular flexibility index (Phi) is 7.07. The van der Waals surface area contributed by atoms with E-state index in [9.17, 15) is 0 Å². The number of hydrogen-bond donors (Lipinski definition) is 0. The van der Waals surface area contributed by atoms with Crippen LogP contribution in [-0.2, 0) is 11.0 Å². The van der Waals surface area contributed by atoms with E-state index >= 15 is 0 Å².